The Kier molecular flexibility index (Phi) is 3.58. The predicted molar refractivity (Wildman–Crippen MR) is 85.1 cm³/mol. The Morgan fingerprint density at radius 1 is 1.30 bits per heavy atom. The van der Waals surface area contributed by atoms with Crippen molar-refractivity contribution in [3.05, 3.63) is 39.8 Å². The van der Waals surface area contributed by atoms with Crippen molar-refractivity contribution in [2.45, 2.75) is 6.61 Å². The summed E-state index contributed by atoms with van der Waals surface area (Å²) in [6.45, 7) is 0.397. The molecule has 6 heteroatoms. The summed E-state index contributed by atoms with van der Waals surface area (Å²) in [7, 11) is 1.63. The second-order valence-corrected chi connectivity index (χ2v) is 5.35. The second-order valence-electron chi connectivity index (χ2n) is 4.27. The van der Waals surface area contributed by atoms with E-state index in [1.807, 2.05) is 24.3 Å². The van der Waals surface area contributed by atoms with E-state index in [1.165, 1.54) is 0 Å². The maximum atomic E-state index is 5.96. The molecule has 0 aliphatic carbocycles. The first-order chi connectivity index (χ1) is 9.70. The van der Waals surface area contributed by atoms with Crippen molar-refractivity contribution in [1.82, 2.24) is 9.97 Å². The maximum absolute atomic E-state index is 5.96. The Hall–Kier alpha value is -1.67. The van der Waals surface area contributed by atoms with Crippen molar-refractivity contribution < 1.29 is 9.15 Å². The fourth-order valence-electron chi connectivity index (χ4n) is 2.02. The highest BCUT2D eigenvalue weighted by Gasteiger charge is 2.15. The number of halogens is 1. The molecule has 0 saturated heterocycles. The van der Waals surface area contributed by atoms with Crippen LogP contribution in [0.3, 0.4) is 0 Å². The third-order valence-electron chi connectivity index (χ3n) is 2.95. The summed E-state index contributed by atoms with van der Waals surface area (Å²) in [5.74, 6) is 1.01. The summed E-state index contributed by atoms with van der Waals surface area (Å²) in [6, 6.07) is 7.76. The van der Waals surface area contributed by atoms with Crippen molar-refractivity contribution in [2.75, 3.05) is 12.8 Å². The minimum Gasteiger partial charge on any atom is -0.464 e. The molecule has 0 aliphatic heterocycles. The number of nitrogen functional groups attached to an aromatic ring is 1. The van der Waals surface area contributed by atoms with Gasteiger partial charge in [0.2, 0.25) is 0 Å². The maximum Gasteiger partial charge on any atom is 0.165 e. The van der Waals surface area contributed by atoms with Crippen LogP contribution in [0.5, 0.6) is 0 Å². The number of methoxy groups -OCH3 is 1. The third kappa shape index (κ3) is 2.25. The predicted octanol–water partition coefficient (Wildman–Crippen LogP) is 3.22. The first-order valence-electron chi connectivity index (χ1n) is 5.98. The van der Waals surface area contributed by atoms with Gasteiger partial charge in [-0.25, -0.2) is 9.97 Å². The van der Waals surface area contributed by atoms with Crippen LogP contribution in [0.2, 0.25) is 0 Å². The molecule has 1 aromatic carbocycles. The molecule has 2 aromatic heterocycles. The Balaban J connectivity index is 2.19. The molecule has 0 saturated carbocycles. The minimum absolute atomic E-state index is 0.397. The van der Waals surface area contributed by atoms with Crippen LogP contribution in [-0.2, 0) is 11.3 Å². The number of fused-ring (bicyclic) bond motifs is 1. The van der Waals surface area contributed by atoms with E-state index in [4.69, 9.17) is 14.9 Å². The van der Waals surface area contributed by atoms with E-state index in [9.17, 15) is 0 Å². The van der Waals surface area contributed by atoms with Crippen LogP contribution in [0.15, 0.2) is 34.9 Å². The zero-order valence-electron chi connectivity index (χ0n) is 10.8. The van der Waals surface area contributed by atoms with E-state index in [1.54, 1.807) is 13.4 Å². The highest BCUT2D eigenvalue weighted by Crippen LogP contribution is 2.30. The summed E-state index contributed by atoms with van der Waals surface area (Å²) in [6.07, 6.45) is 1.66. The molecule has 0 radical (unpaired) electrons. The number of rotatable bonds is 3. The molecule has 0 fully saturated rings. The van der Waals surface area contributed by atoms with Crippen LogP contribution in [0.4, 0.5) is 5.82 Å². The van der Waals surface area contributed by atoms with Gasteiger partial charge in [-0.3, -0.25) is 0 Å². The smallest absolute Gasteiger partial charge is 0.165 e. The van der Waals surface area contributed by atoms with E-state index in [0.717, 1.165) is 25.8 Å². The van der Waals surface area contributed by atoms with E-state index in [0.29, 0.717) is 18.2 Å². The average Bonchev–Trinajstić information content (AvgIpc) is 2.88. The summed E-state index contributed by atoms with van der Waals surface area (Å²) < 4.78 is 11.5. The van der Waals surface area contributed by atoms with Gasteiger partial charge in [-0.05, 0) is 28.7 Å². The van der Waals surface area contributed by atoms with Gasteiger partial charge in [0, 0.05) is 12.5 Å². The molecule has 0 amide bonds. The molecule has 0 unspecified atom stereocenters. The molecule has 2 N–H and O–H groups in total. The van der Waals surface area contributed by atoms with Gasteiger partial charge >= 0.3 is 0 Å². The first kappa shape index (κ1) is 13.3. The van der Waals surface area contributed by atoms with Crippen LogP contribution in [0.1, 0.15) is 5.69 Å². The number of aromatic nitrogens is 2. The molecule has 20 heavy (non-hydrogen) atoms. The van der Waals surface area contributed by atoms with Crippen molar-refractivity contribution >= 4 is 39.4 Å². The van der Waals surface area contributed by atoms with Crippen LogP contribution in [-0.4, -0.2) is 17.1 Å². The third-order valence-corrected chi connectivity index (χ3v) is 4.12. The van der Waals surface area contributed by atoms with Crippen molar-refractivity contribution in [3.8, 4) is 11.4 Å². The van der Waals surface area contributed by atoms with Crippen LogP contribution < -0.4 is 5.73 Å². The lowest BCUT2D eigenvalue weighted by Crippen LogP contribution is -2.05. The zero-order valence-corrected chi connectivity index (χ0v) is 12.9. The Labute approximate surface area is 129 Å². The van der Waals surface area contributed by atoms with Crippen molar-refractivity contribution in [2.24, 2.45) is 0 Å². The number of nitrogens with two attached hydrogens (primary N) is 1. The number of nitrogens with zero attached hydrogens (tertiary/aromatic N) is 2. The van der Waals surface area contributed by atoms with Gasteiger partial charge in [-0.15, -0.1) is 0 Å². The van der Waals surface area contributed by atoms with Gasteiger partial charge < -0.3 is 14.9 Å². The van der Waals surface area contributed by atoms with Crippen LogP contribution >= 0.6 is 22.6 Å². The van der Waals surface area contributed by atoms with E-state index in [2.05, 4.69) is 32.6 Å². The van der Waals surface area contributed by atoms with E-state index in [-0.39, 0.29) is 0 Å². The second kappa shape index (κ2) is 5.37. The molecule has 102 valence electrons. The summed E-state index contributed by atoms with van der Waals surface area (Å²) in [5, 5.41) is 0.969. The number of hydrogen-bond acceptors (Lipinski definition) is 5. The monoisotopic (exact) mass is 381 g/mol. The lowest BCUT2D eigenvalue weighted by atomic mass is 10.1. The molecule has 0 aliphatic rings. The number of ether oxygens (including phenoxy) is 1. The summed E-state index contributed by atoms with van der Waals surface area (Å²) in [5.41, 5.74) is 8.37. The molecule has 3 rings (SSSR count). The molecule has 2 heterocycles. The van der Waals surface area contributed by atoms with Gasteiger partial charge in [0.25, 0.3) is 0 Å². The quantitative estimate of drug-likeness (QED) is 0.706. The average molecular weight is 381 g/mol. The number of para-hydroxylation sites is 1. The van der Waals surface area contributed by atoms with Gasteiger partial charge in [-0.1, -0.05) is 18.2 Å². The lowest BCUT2D eigenvalue weighted by Gasteiger charge is -2.07. The molecule has 0 bridgehead atoms. The standard InChI is InChI=1S/C14H12IN3O2/c1-19-7-10-12(15)13(16)18-14(17-10)9-6-20-11-5-3-2-4-8(9)11/h2-6H,7H2,1H3,(H2,16,17,18). The fraction of sp³-hybridized carbons (Fsp3) is 0.143. The molecule has 0 spiro atoms. The lowest BCUT2D eigenvalue weighted by molar-refractivity contribution is 0.181. The number of benzene rings is 1. The van der Waals surface area contributed by atoms with Gasteiger partial charge in [-0.2, -0.15) is 0 Å². The summed E-state index contributed by atoms with van der Waals surface area (Å²) in [4.78, 5) is 8.88. The van der Waals surface area contributed by atoms with Crippen LogP contribution in [0, 0.1) is 3.57 Å². The van der Waals surface area contributed by atoms with Gasteiger partial charge in [0.05, 0.1) is 21.4 Å². The van der Waals surface area contributed by atoms with Crippen LogP contribution in [0.25, 0.3) is 22.4 Å². The minimum atomic E-state index is 0.397. The highest BCUT2D eigenvalue weighted by atomic mass is 127. The number of furan rings is 1. The van der Waals surface area contributed by atoms with Crippen molar-refractivity contribution in [3.63, 3.8) is 0 Å². The molecular formula is C14H12IN3O2. The SMILES string of the molecule is COCc1nc(-c2coc3ccccc23)nc(N)c1I. The topological polar surface area (TPSA) is 74.2 Å². The zero-order chi connectivity index (χ0) is 14.1. The Morgan fingerprint density at radius 2 is 2.10 bits per heavy atom. The molecule has 0 atom stereocenters. The molecule has 5 nitrogen and oxygen atoms in total. The fourth-order valence-corrected chi connectivity index (χ4v) is 2.41. The normalized spacial score (nSPS) is 11.1. The number of anilines is 1. The molecular weight excluding hydrogens is 369 g/mol. The first-order valence-corrected chi connectivity index (χ1v) is 7.06. The van der Waals surface area contributed by atoms with Gasteiger partial charge in [0.1, 0.15) is 17.7 Å². The van der Waals surface area contributed by atoms with E-state index < -0.39 is 0 Å². The van der Waals surface area contributed by atoms with E-state index >= 15 is 0 Å². The Bertz CT molecular complexity index is 770. The number of hydrogen-bond donors (Lipinski definition) is 1. The van der Waals surface area contributed by atoms with Crippen molar-refractivity contribution in [1.29, 1.82) is 0 Å². The highest BCUT2D eigenvalue weighted by molar-refractivity contribution is 14.1. The largest absolute Gasteiger partial charge is 0.464 e. The molecule has 3 aromatic rings. The van der Waals surface area contributed by atoms with Gasteiger partial charge in [0.15, 0.2) is 5.82 Å². The summed E-state index contributed by atoms with van der Waals surface area (Å²) >= 11 is 2.13. The Morgan fingerprint density at radius 3 is 2.90 bits per heavy atom.